The van der Waals surface area contributed by atoms with Crippen molar-refractivity contribution in [3.63, 3.8) is 0 Å². The lowest BCUT2D eigenvalue weighted by Gasteiger charge is -2.32. The van der Waals surface area contributed by atoms with Crippen molar-refractivity contribution in [1.82, 2.24) is 0 Å². The van der Waals surface area contributed by atoms with Gasteiger partial charge in [0.15, 0.2) is 0 Å². The molecule has 0 fully saturated rings. The van der Waals surface area contributed by atoms with Gasteiger partial charge >= 0.3 is 0 Å². The number of amides is 1. The van der Waals surface area contributed by atoms with Crippen LogP contribution in [0.15, 0.2) is 54.6 Å². The highest BCUT2D eigenvalue weighted by molar-refractivity contribution is 6.30. The highest BCUT2D eigenvalue weighted by Gasteiger charge is 2.34. The summed E-state index contributed by atoms with van der Waals surface area (Å²) in [5.74, 6) is -0.367. The number of primary amides is 1. The van der Waals surface area contributed by atoms with Gasteiger partial charge in [0.25, 0.3) is 0 Å². The summed E-state index contributed by atoms with van der Waals surface area (Å²) < 4.78 is 0. The number of benzene rings is 2. The van der Waals surface area contributed by atoms with Gasteiger partial charge in [-0.05, 0) is 30.2 Å². The van der Waals surface area contributed by atoms with Gasteiger partial charge in [-0.25, -0.2) is 0 Å². The number of halogens is 1. The van der Waals surface area contributed by atoms with Crippen LogP contribution in [0.1, 0.15) is 18.9 Å². The number of rotatable bonds is 6. The van der Waals surface area contributed by atoms with Crippen molar-refractivity contribution in [2.24, 2.45) is 5.73 Å². The Bertz CT molecular complexity index is 615. The van der Waals surface area contributed by atoms with Crippen LogP contribution >= 0.6 is 11.6 Å². The van der Waals surface area contributed by atoms with Crippen molar-refractivity contribution in [2.45, 2.75) is 25.3 Å². The van der Waals surface area contributed by atoms with Crippen molar-refractivity contribution in [1.29, 1.82) is 0 Å². The van der Waals surface area contributed by atoms with Crippen LogP contribution in [-0.4, -0.2) is 11.4 Å². The van der Waals surface area contributed by atoms with Crippen LogP contribution < -0.4 is 11.1 Å². The Balaban J connectivity index is 2.31. The number of carbonyl (C=O) groups excluding carboxylic acids is 1. The zero-order chi connectivity index (χ0) is 15.3. The van der Waals surface area contributed by atoms with Crippen LogP contribution in [0.3, 0.4) is 0 Å². The Labute approximate surface area is 130 Å². The fraction of sp³-hybridized carbons (Fsp3) is 0.235. The highest BCUT2D eigenvalue weighted by atomic mass is 35.5. The molecule has 4 heteroatoms. The monoisotopic (exact) mass is 302 g/mol. The van der Waals surface area contributed by atoms with E-state index in [1.54, 1.807) is 12.1 Å². The predicted octanol–water partition coefficient (Wildman–Crippen LogP) is 3.63. The molecule has 0 aliphatic rings. The average Bonchev–Trinajstić information content (AvgIpc) is 2.47. The number of nitrogens with one attached hydrogen (secondary N) is 1. The number of nitrogens with two attached hydrogens (primary N) is 1. The Morgan fingerprint density at radius 2 is 1.90 bits per heavy atom. The molecule has 0 heterocycles. The second-order valence-electron chi connectivity index (χ2n) is 5.10. The van der Waals surface area contributed by atoms with Gasteiger partial charge in [-0.3, -0.25) is 4.79 Å². The molecule has 0 aliphatic heterocycles. The molecule has 0 radical (unpaired) electrons. The van der Waals surface area contributed by atoms with Gasteiger partial charge in [-0.1, -0.05) is 54.9 Å². The lowest BCUT2D eigenvalue weighted by Crippen LogP contribution is -2.51. The molecule has 0 saturated carbocycles. The van der Waals surface area contributed by atoms with Crippen LogP contribution in [0.4, 0.5) is 5.69 Å². The summed E-state index contributed by atoms with van der Waals surface area (Å²) in [5.41, 5.74) is 6.71. The van der Waals surface area contributed by atoms with Crippen LogP contribution in [-0.2, 0) is 11.2 Å². The van der Waals surface area contributed by atoms with Gasteiger partial charge in [-0.15, -0.1) is 0 Å². The molecule has 110 valence electrons. The number of hydrogen-bond acceptors (Lipinski definition) is 2. The lowest BCUT2D eigenvalue weighted by molar-refractivity contribution is -0.122. The SMILES string of the molecule is CCC(Cc1ccccc1)(Nc1cccc(Cl)c1)C(N)=O. The number of anilines is 1. The Morgan fingerprint density at radius 1 is 1.19 bits per heavy atom. The molecule has 0 saturated heterocycles. The Morgan fingerprint density at radius 3 is 2.48 bits per heavy atom. The minimum absolute atomic E-state index is 0.367. The number of hydrogen-bond donors (Lipinski definition) is 2. The van der Waals surface area contributed by atoms with E-state index < -0.39 is 5.54 Å². The van der Waals surface area contributed by atoms with E-state index >= 15 is 0 Å². The molecule has 21 heavy (non-hydrogen) atoms. The summed E-state index contributed by atoms with van der Waals surface area (Å²) in [5, 5.41) is 3.89. The normalized spacial score (nSPS) is 13.4. The summed E-state index contributed by atoms with van der Waals surface area (Å²) in [7, 11) is 0. The quantitative estimate of drug-likeness (QED) is 0.856. The molecule has 1 atom stereocenters. The summed E-state index contributed by atoms with van der Waals surface area (Å²) in [6.45, 7) is 1.95. The van der Waals surface area contributed by atoms with E-state index in [9.17, 15) is 4.79 Å². The molecule has 0 spiro atoms. The molecule has 1 unspecified atom stereocenters. The fourth-order valence-electron chi connectivity index (χ4n) is 2.37. The molecule has 0 aromatic heterocycles. The van der Waals surface area contributed by atoms with Gasteiger partial charge in [0, 0.05) is 17.1 Å². The second kappa shape index (κ2) is 6.64. The van der Waals surface area contributed by atoms with Crippen LogP contribution in [0.2, 0.25) is 5.02 Å². The summed E-state index contributed by atoms with van der Waals surface area (Å²) in [6.07, 6.45) is 1.12. The summed E-state index contributed by atoms with van der Waals surface area (Å²) in [4.78, 5) is 12.1. The van der Waals surface area contributed by atoms with Crippen molar-refractivity contribution in [2.75, 3.05) is 5.32 Å². The topological polar surface area (TPSA) is 55.1 Å². The first-order valence-electron chi connectivity index (χ1n) is 6.93. The van der Waals surface area contributed by atoms with Crippen molar-refractivity contribution < 1.29 is 4.79 Å². The molecular weight excluding hydrogens is 284 g/mol. The molecular formula is C17H19ClN2O. The van der Waals surface area contributed by atoms with Gasteiger partial charge in [0.05, 0.1) is 0 Å². The van der Waals surface area contributed by atoms with Crippen molar-refractivity contribution in [3.05, 3.63) is 65.2 Å². The predicted molar refractivity (Wildman–Crippen MR) is 87.4 cm³/mol. The lowest BCUT2D eigenvalue weighted by atomic mass is 9.87. The average molecular weight is 303 g/mol. The van der Waals surface area contributed by atoms with Crippen molar-refractivity contribution >= 4 is 23.2 Å². The molecule has 0 bridgehead atoms. The number of carbonyl (C=O) groups is 1. The van der Waals surface area contributed by atoms with E-state index in [2.05, 4.69) is 5.32 Å². The molecule has 3 N–H and O–H groups in total. The van der Waals surface area contributed by atoms with E-state index in [1.165, 1.54) is 0 Å². The Kier molecular flexibility index (Phi) is 4.86. The molecule has 0 aliphatic carbocycles. The molecule has 2 aromatic carbocycles. The van der Waals surface area contributed by atoms with Gasteiger partial charge in [0.2, 0.25) is 5.91 Å². The first-order valence-corrected chi connectivity index (χ1v) is 7.31. The first-order chi connectivity index (χ1) is 10.1. The largest absolute Gasteiger partial charge is 0.371 e. The maximum atomic E-state index is 12.1. The standard InChI is InChI=1S/C17H19ClN2O/c1-2-17(16(19)21,12-13-7-4-3-5-8-13)20-15-10-6-9-14(18)11-15/h3-11,20H,2,12H2,1H3,(H2,19,21). The maximum Gasteiger partial charge on any atom is 0.243 e. The minimum atomic E-state index is -0.827. The van der Waals surface area contributed by atoms with E-state index in [-0.39, 0.29) is 5.91 Å². The zero-order valence-electron chi connectivity index (χ0n) is 12.0. The first kappa shape index (κ1) is 15.4. The zero-order valence-corrected chi connectivity index (χ0v) is 12.7. The van der Waals surface area contributed by atoms with E-state index in [0.29, 0.717) is 17.9 Å². The fourth-order valence-corrected chi connectivity index (χ4v) is 2.56. The van der Waals surface area contributed by atoms with Gasteiger partial charge in [0.1, 0.15) is 5.54 Å². The van der Waals surface area contributed by atoms with Crippen LogP contribution in [0.25, 0.3) is 0 Å². The third kappa shape index (κ3) is 3.76. The second-order valence-corrected chi connectivity index (χ2v) is 5.53. The minimum Gasteiger partial charge on any atom is -0.371 e. The maximum absolute atomic E-state index is 12.1. The summed E-state index contributed by atoms with van der Waals surface area (Å²) in [6, 6.07) is 17.2. The Hall–Kier alpha value is -2.00. The smallest absolute Gasteiger partial charge is 0.243 e. The highest BCUT2D eigenvalue weighted by Crippen LogP contribution is 2.25. The van der Waals surface area contributed by atoms with Gasteiger partial charge < -0.3 is 11.1 Å². The third-order valence-electron chi connectivity index (χ3n) is 3.63. The van der Waals surface area contributed by atoms with Gasteiger partial charge in [-0.2, -0.15) is 0 Å². The molecule has 2 aromatic rings. The van der Waals surface area contributed by atoms with E-state index in [1.807, 2.05) is 49.4 Å². The third-order valence-corrected chi connectivity index (χ3v) is 3.87. The summed E-state index contributed by atoms with van der Waals surface area (Å²) >= 11 is 6.00. The van der Waals surface area contributed by atoms with Crippen LogP contribution in [0.5, 0.6) is 0 Å². The molecule has 2 rings (SSSR count). The van der Waals surface area contributed by atoms with Crippen molar-refractivity contribution in [3.8, 4) is 0 Å². The molecule has 3 nitrogen and oxygen atoms in total. The van der Waals surface area contributed by atoms with Crippen LogP contribution in [0, 0.1) is 0 Å². The van der Waals surface area contributed by atoms with E-state index in [0.717, 1.165) is 11.3 Å². The molecule has 1 amide bonds. The van der Waals surface area contributed by atoms with E-state index in [4.69, 9.17) is 17.3 Å².